The highest BCUT2D eigenvalue weighted by molar-refractivity contribution is 4.99. The Morgan fingerprint density at radius 2 is 1.31 bits per heavy atom. The van der Waals surface area contributed by atoms with Gasteiger partial charge in [0.2, 0.25) is 0 Å². The normalized spacial score (nSPS) is 32.4. The summed E-state index contributed by atoms with van der Waals surface area (Å²) in [6.45, 7) is 14.5. The summed E-state index contributed by atoms with van der Waals surface area (Å²) in [4.78, 5) is 2.45. The second-order valence-electron chi connectivity index (χ2n) is 7.97. The molecule has 0 amide bonds. The molecular formula is C15H31N. The molecule has 3 atom stereocenters. The fourth-order valence-corrected chi connectivity index (χ4v) is 3.71. The lowest BCUT2D eigenvalue weighted by Crippen LogP contribution is -2.43. The first-order chi connectivity index (χ1) is 7.05. The topological polar surface area (TPSA) is 3.24 Å². The monoisotopic (exact) mass is 225 g/mol. The third kappa shape index (κ3) is 2.80. The lowest BCUT2D eigenvalue weighted by Gasteiger charge is -2.43. The van der Waals surface area contributed by atoms with Crippen molar-refractivity contribution in [3.8, 4) is 0 Å². The Kier molecular flexibility index (Phi) is 3.79. The summed E-state index contributed by atoms with van der Waals surface area (Å²) in [7, 11) is 4.49. The zero-order chi connectivity index (χ0) is 12.7. The Bertz CT molecular complexity index is 229. The predicted molar refractivity (Wildman–Crippen MR) is 72.6 cm³/mol. The lowest BCUT2D eigenvalue weighted by molar-refractivity contribution is 0.0534. The van der Waals surface area contributed by atoms with Crippen LogP contribution in [0.15, 0.2) is 0 Å². The highest BCUT2D eigenvalue weighted by Gasteiger charge is 2.47. The van der Waals surface area contributed by atoms with Gasteiger partial charge in [0.05, 0.1) is 0 Å². The summed E-state index contributed by atoms with van der Waals surface area (Å²) in [6, 6.07) is 0.768. The van der Waals surface area contributed by atoms with Crippen molar-refractivity contribution in [3.05, 3.63) is 0 Å². The van der Waals surface area contributed by atoms with Crippen molar-refractivity contribution in [1.82, 2.24) is 4.90 Å². The lowest BCUT2D eigenvalue weighted by atomic mass is 9.65. The van der Waals surface area contributed by atoms with Gasteiger partial charge in [0.25, 0.3) is 0 Å². The van der Waals surface area contributed by atoms with Gasteiger partial charge in [-0.25, -0.2) is 0 Å². The molecule has 0 radical (unpaired) electrons. The molecule has 1 aliphatic carbocycles. The minimum atomic E-state index is 0.420. The maximum atomic E-state index is 2.45. The van der Waals surface area contributed by atoms with Crippen LogP contribution in [0.25, 0.3) is 0 Å². The van der Waals surface area contributed by atoms with E-state index in [0.717, 1.165) is 17.9 Å². The van der Waals surface area contributed by atoms with Crippen molar-refractivity contribution in [2.75, 3.05) is 14.1 Å². The van der Waals surface area contributed by atoms with Gasteiger partial charge >= 0.3 is 0 Å². The Labute approximate surface area is 103 Å². The van der Waals surface area contributed by atoms with Crippen LogP contribution in [-0.4, -0.2) is 25.0 Å². The Morgan fingerprint density at radius 1 is 0.812 bits per heavy atom. The zero-order valence-electron chi connectivity index (χ0n) is 12.6. The van der Waals surface area contributed by atoms with Gasteiger partial charge in [0.1, 0.15) is 0 Å². The molecule has 0 aliphatic heterocycles. The van der Waals surface area contributed by atoms with Crippen LogP contribution in [0.3, 0.4) is 0 Å². The fraction of sp³-hybridized carbons (Fsp3) is 1.00. The van der Waals surface area contributed by atoms with Crippen LogP contribution in [-0.2, 0) is 0 Å². The van der Waals surface area contributed by atoms with Crippen molar-refractivity contribution < 1.29 is 0 Å². The first kappa shape index (κ1) is 14.0. The molecule has 96 valence electrons. The number of hydrogen-bond acceptors (Lipinski definition) is 1. The highest BCUT2D eigenvalue weighted by Crippen LogP contribution is 2.51. The average Bonchev–Trinajstić information content (AvgIpc) is 2.43. The maximum Gasteiger partial charge on any atom is 0.0125 e. The van der Waals surface area contributed by atoms with E-state index in [4.69, 9.17) is 0 Å². The SMILES string of the molecule is CN(C)C1CCC(C(C)(C)C)C1C(C)(C)C. The van der Waals surface area contributed by atoms with E-state index in [1.165, 1.54) is 12.8 Å². The predicted octanol–water partition coefficient (Wildman–Crippen LogP) is 4.04. The molecule has 1 fully saturated rings. The molecule has 3 unspecified atom stereocenters. The van der Waals surface area contributed by atoms with Crippen molar-refractivity contribution in [1.29, 1.82) is 0 Å². The van der Waals surface area contributed by atoms with Gasteiger partial charge in [0, 0.05) is 6.04 Å². The molecule has 0 bridgehead atoms. The Hall–Kier alpha value is -0.0400. The number of rotatable bonds is 1. The molecule has 1 nitrogen and oxygen atoms in total. The van der Waals surface area contributed by atoms with Gasteiger partial charge in [-0.05, 0) is 49.6 Å². The van der Waals surface area contributed by atoms with Gasteiger partial charge in [0.15, 0.2) is 0 Å². The molecule has 0 aromatic heterocycles. The number of hydrogen-bond donors (Lipinski definition) is 0. The average molecular weight is 225 g/mol. The van der Waals surface area contributed by atoms with Gasteiger partial charge in [-0.3, -0.25) is 0 Å². The summed E-state index contributed by atoms with van der Waals surface area (Å²) in [6.07, 6.45) is 2.77. The number of nitrogens with zero attached hydrogens (tertiary/aromatic N) is 1. The van der Waals surface area contributed by atoms with E-state index in [9.17, 15) is 0 Å². The van der Waals surface area contributed by atoms with Crippen molar-refractivity contribution in [2.24, 2.45) is 22.7 Å². The fourth-order valence-electron chi connectivity index (χ4n) is 3.71. The first-order valence-corrected chi connectivity index (χ1v) is 6.71. The molecular weight excluding hydrogens is 194 g/mol. The minimum absolute atomic E-state index is 0.420. The van der Waals surface area contributed by atoms with Crippen LogP contribution in [0.4, 0.5) is 0 Å². The second-order valence-corrected chi connectivity index (χ2v) is 7.97. The van der Waals surface area contributed by atoms with E-state index in [0.29, 0.717) is 10.8 Å². The molecule has 0 spiro atoms. The van der Waals surface area contributed by atoms with Crippen LogP contribution < -0.4 is 0 Å². The zero-order valence-corrected chi connectivity index (χ0v) is 12.6. The van der Waals surface area contributed by atoms with Crippen LogP contribution in [0.2, 0.25) is 0 Å². The van der Waals surface area contributed by atoms with Crippen LogP contribution in [0, 0.1) is 22.7 Å². The summed E-state index contributed by atoms with van der Waals surface area (Å²) >= 11 is 0. The van der Waals surface area contributed by atoms with Crippen molar-refractivity contribution in [3.63, 3.8) is 0 Å². The summed E-state index contributed by atoms with van der Waals surface area (Å²) < 4.78 is 0. The van der Waals surface area contributed by atoms with E-state index in [-0.39, 0.29) is 0 Å². The van der Waals surface area contributed by atoms with E-state index >= 15 is 0 Å². The molecule has 1 heteroatoms. The van der Waals surface area contributed by atoms with Crippen LogP contribution >= 0.6 is 0 Å². The van der Waals surface area contributed by atoms with Gasteiger partial charge in [-0.1, -0.05) is 41.5 Å². The smallest absolute Gasteiger partial charge is 0.0125 e. The molecule has 0 aromatic rings. The highest BCUT2D eigenvalue weighted by atomic mass is 15.1. The van der Waals surface area contributed by atoms with E-state index in [1.807, 2.05) is 0 Å². The summed E-state index contributed by atoms with van der Waals surface area (Å²) in [5.41, 5.74) is 0.867. The molecule has 0 saturated heterocycles. The van der Waals surface area contributed by atoms with E-state index < -0.39 is 0 Å². The van der Waals surface area contributed by atoms with Gasteiger partial charge in [-0.2, -0.15) is 0 Å². The Morgan fingerprint density at radius 3 is 1.62 bits per heavy atom. The third-order valence-electron chi connectivity index (χ3n) is 4.40. The van der Waals surface area contributed by atoms with Crippen molar-refractivity contribution in [2.45, 2.75) is 60.4 Å². The standard InChI is InChI=1S/C15H31N/c1-14(2,3)11-9-10-12(16(7)8)13(11)15(4,5)6/h11-13H,9-10H2,1-8H3. The Balaban J connectivity index is 2.98. The molecule has 1 saturated carbocycles. The maximum absolute atomic E-state index is 2.45. The molecule has 16 heavy (non-hydrogen) atoms. The molecule has 0 aromatic carbocycles. The largest absolute Gasteiger partial charge is 0.306 e. The van der Waals surface area contributed by atoms with Gasteiger partial charge < -0.3 is 4.90 Å². The first-order valence-electron chi connectivity index (χ1n) is 6.71. The van der Waals surface area contributed by atoms with E-state index in [1.54, 1.807) is 0 Å². The second kappa shape index (κ2) is 4.33. The third-order valence-corrected chi connectivity index (χ3v) is 4.40. The molecule has 0 N–H and O–H groups in total. The quantitative estimate of drug-likeness (QED) is 0.651. The molecule has 1 aliphatic rings. The van der Waals surface area contributed by atoms with Gasteiger partial charge in [-0.15, -0.1) is 0 Å². The van der Waals surface area contributed by atoms with E-state index in [2.05, 4.69) is 60.5 Å². The minimum Gasteiger partial charge on any atom is -0.306 e. The van der Waals surface area contributed by atoms with Crippen LogP contribution in [0.5, 0.6) is 0 Å². The summed E-state index contributed by atoms with van der Waals surface area (Å²) in [5, 5.41) is 0. The molecule has 0 heterocycles. The molecule has 1 rings (SSSR count). The summed E-state index contributed by atoms with van der Waals surface area (Å²) in [5.74, 6) is 1.68. The van der Waals surface area contributed by atoms with Crippen LogP contribution in [0.1, 0.15) is 54.4 Å². The van der Waals surface area contributed by atoms with Crippen molar-refractivity contribution >= 4 is 0 Å².